The number of rotatable bonds is 4. The van der Waals surface area contributed by atoms with Crippen LogP contribution in [-0.4, -0.2) is 23.8 Å². The Morgan fingerprint density at radius 2 is 1.60 bits per heavy atom. The molecule has 1 atom stereocenters. The van der Waals surface area contributed by atoms with Gasteiger partial charge in [0, 0.05) is 5.69 Å². The highest BCUT2D eigenvalue weighted by atomic mass is 35.5. The summed E-state index contributed by atoms with van der Waals surface area (Å²) in [5.41, 5.74) is 1.23. The molecule has 0 saturated carbocycles. The van der Waals surface area contributed by atoms with Crippen molar-refractivity contribution in [1.29, 1.82) is 0 Å². The Morgan fingerprint density at radius 1 is 0.933 bits per heavy atom. The maximum atomic E-state index is 13.4. The minimum atomic E-state index is -1.13. The van der Waals surface area contributed by atoms with Crippen LogP contribution >= 0.6 is 11.6 Å². The molecule has 0 bridgehead atoms. The fourth-order valence-corrected chi connectivity index (χ4v) is 3.51. The Morgan fingerprint density at radius 3 is 2.37 bits per heavy atom. The third-order valence-electron chi connectivity index (χ3n) is 4.68. The second kappa shape index (κ2) is 8.39. The van der Waals surface area contributed by atoms with Crippen molar-refractivity contribution in [3.8, 4) is 5.75 Å². The number of amides is 2. The summed E-state index contributed by atoms with van der Waals surface area (Å²) in [6.45, 7) is 0. The van der Waals surface area contributed by atoms with Gasteiger partial charge in [0.15, 0.2) is 5.75 Å². The van der Waals surface area contributed by atoms with Crippen LogP contribution in [0.2, 0.25) is 5.02 Å². The van der Waals surface area contributed by atoms with Gasteiger partial charge in [-0.1, -0.05) is 54.1 Å². The van der Waals surface area contributed by atoms with Gasteiger partial charge in [0.1, 0.15) is 6.04 Å². The molecule has 30 heavy (non-hydrogen) atoms. The molecule has 0 aliphatic carbocycles. The molecule has 0 spiro atoms. The number of nitrogens with zero attached hydrogens (tertiary/aromatic N) is 1. The van der Waals surface area contributed by atoms with E-state index in [1.165, 1.54) is 4.90 Å². The van der Waals surface area contributed by atoms with Gasteiger partial charge in [-0.2, -0.15) is 0 Å². The summed E-state index contributed by atoms with van der Waals surface area (Å²) in [7, 11) is 0. The fraction of sp³-hybridized carbons (Fsp3) is 0.0870. The summed E-state index contributed by atoms with van der Waals surface area (Å²) in [6.07, 6.45) is -0.266. The highest BCUT2D eigenvalue weighted by Crippen LogP contribution is 2.37. The zero-order valence-corrected chi connectivity index (χ0v) is 16.5. The number of anilines is 2. The van der Waals surface area contributed by atoms with Crippen LogP contribution in [0.15, 0.2) is 78.9 Å². The second-order valence-corrected chi connectivity index (χ2v) is 7.09. The van der Waals surface area contributed by atoms with Crippen LogP contribution in [0.4, 0.5) is 11.4 Å². The highest BCUT2D eigenvalue weighted by Gasteiger charge is 2.40. The zero-order chi connectivity index (χ0) is 21.1. The Hall–Kier alpha value is -3.64. The van der Waals surface area contributed by atoms with E-state index < -0.39 is 23.8 Å². The Kier molecular flexibility index (Phi) is 5.50. The van der Waals surface area contributed by atoms with Gasteiger partial charge in [0.25, 0.3) is 5.91 Å². The number of carbonyl (C=O) groups excluding carboxylic acids is 3. The minimum Gasteiger partial charge on any atom is -0.423 e. The number of carbonyl (C=O) groups is 3. The summed E-state index contributed by atoms with van der Waals surface area (Å²) in [6, 6.07) is 21.0. The van der Waals surface area contributed by atoms with Crippen molar-refractivity contribution in [2.45, 2.75) is 12.5 Å². The first-order valence-electron chi connectivity index (χ1n) is 9.28. The van der Waals surface area contributed by atoms with Gasteiger partial charge >= 0.3 is 5.97 Å². The summed E-state index contributed by atoms with van der Waals surface area (Å²) in [5.74, 6) is -1.33. The van der Waals surface area contributed by atoms with Crippen molar-refractivity contribution >= 4 is 40.8 Å². The van der Waals surface area contributed by atoms with E-state index in [1.807, 2.05) is 6.07 Å². The Labute approximate surface area is 178 Å². The molecule has 150 valence electrons. The van der Waals surface area contributed by atoms with Gasteiger partial charge in [-0.25, -0.2) is 4.79 Å². The lowest BCUT2D eigenvalue weighted by Crippen LogP contribution is -2.51. The van der Waals surface area contributed by atoms with Crippen molar-refractivity contribution in [3.63, 3.8) is 0 Å². The number of hydrogen-bond donors (Lipinski definition) is 1. The first-order chi connectivity index (χ1) is 14.5. The molecule has 2 amide bonds. The molecule has 0 fully saturated rings. The Balaban J connectivity index is 1.68. The van der Waals surface area contributed by atoms with Crippen LogP contribution in [0.3, 0.4) is 0 Å². The molecule has 1 N–H and O–H groups in total. The van der Waals surface area contributed by atoms with Crippen LogP contribution in [0.1, 0.15) is 16.8 Å². The Bertz CT molecular complexity index is 1120. The third-order valence-corrected chi connectivity index (χ3v) is 5.01. The third kappa shape index (κ3) is 3.90. The molecule has 6 nitrogen and oxygen atoms in total. The average Bonchev–Trinajstić information content (AvgIpc) is 2.75. The smallest absolute Gasteiger partial charge is 0.335 e. The van der Waals surface area contributed by atoms with Crippen molar-refractivity contribution in [3.05, 3.63) is 89.4 Å². The number of hydrogen-bond acceptors (Lipinski definition) is 4. The summed E-state index contributed by atoms with van der Waals surface area (Å²) in [5, 5.41) is 2.99. The van der Waals surface area contributed by atoms with Gasteiger partial charge in [0.2, 0.25) is 5.91 Å². The van der Waals surface area contributed by atoms with Gasteiger partial charge < -0.3 is 10.1 Å². The van der Waals surface area contributed by atoms with Gasteiger partial charge in [-0.15, -0.1) is 0 Å². The average molecular weight is 421 g/mol. The van der Waals surface area contributed by atoms with Crippen LogP contribution in [0.25, 0.3) is 0 Å². The second-order valence-electron chi connectivity index (χ2n) is 6.68. The lowest BCUT2D eigenvalue weighted by Gasteiger charge is -2.35. The molecule has 1 aliphatic heterocycles. The molecule has 0 radical (unpaired) electrons. The lowest BCUT2D eigenvalue weighted by atomic mass is 10.0. The number of halogens is 1. The molecule has 3 aromatic carbocycles. The topological polar surface area (TPSA) is 75.7 Å². The van der Waals surface area contributed by atoms with Crippen molar-refractivity contribution in [1.82, 2.24) is 0 Å². The molecule has 0 unspecified atom stereocenters. The van der Waals surface area contributed by atoms with Crippen LogP contribution in [-0.2, 0) is 9.59 Å². The van der Waals surface area contributed by atoms with E-state index in [0.29, 0.717) is 11.4 Å². The van der Waals surface area contributed by atoms with Gasteiger partial charge in [-0.05, 0) is 36.4 Å². The molecule has 1 heterocycles. The quantitative estimate of drug-likeness (QED) is 0.504. The van der Waals surface area contributed by atoms with E-state index in [4.69, 9.17) is 16.3 Å². The first kappa shape index (κ1) is 19.7. The minimum absolute atomic E-state index is 0.233. The van der Waals surface area contributed by atoms with Crippen LogP contribution < -0.4 is 15.0 Å². The molecule has 3 aromatic rings. The maximum absolute atomic E-state index is 13.4. The van der Waals surface area contributed by atoms with E-state index in [2.05, 4.69) is 5.32 Å². The molecule has 0 aromatic heterocycles. The van der Waals surface area contributed by atoms with Crippen molar-refractivity contribution in [2.75, 3.05) is 10.2 Å². The maximum Gasteiger partial charge on any atom is 0.335 e. The summed E-state index contributed by atoms with van der Waals surface area (Å²) in [4.78, 5) is 40.0. The molecule has 7 heteroatoms. The van der Waals surface area contributed by atoms with E-state index in [1.54, 1.807) is 72.8 Å². The van der Waals surface area contributed by atoms with Gasteiger partial charge in [0.05, 0.1) is 22.7 Å². The number of benzene rings is 3. The normalized spacial score (nSPS) is 15.2. The molecule has 1 aliphatic rings. The standard InChI is InChI=1S/C23H17ClN2O4/c24-17-11-5-4-10-16(17)22(28)26-18-12-6-7-13-20(18)30-23(29)19(26)14-21(27)25-15-8-2-1-3-9-15/h1-13,19H,14H2,(H,25,27)/t19-/m1/s1. The number of ether oxygens (including phenoxy) is 1. The number of para-hydroxylation sites is 3. The van der Waals surface area contributed by atoms with E-state index >= 15 is 0 Å². The lowest BCUT2D eigenvalue weighted by molar-refractivity contribution is -0.138. The first-order valence-corrected chi connectivity index (χ1v) is 9.66. The van der Waals surface area contributed by atoms with E-state index in [9.17, 15) is 14.4 Å². The SMILES string of the molecule is O=C(C[C@@H]1C(=O)Oc2ccccc2N1C(=O)c1ccccc1Cl)Nc1ccccc1. The predicted octanol–water partition coefficient (Wildman–Crippen LogP) is 4.30. The van der Waals surface area contributed by atoms with Crippen LogP contribution in [0.5, 0.6) is 5.75 Å². The molecular weight excluding hydrogens is 404 g/mol. The number of nitrogens with one attached hydrogen (secondary N) is 1. The monoisotopic (exact) mass is 420 g/mol. The van der Waals surface area contributed by atoms with Gasteiger partial charge in [-0.3, -0.25) is 14.5 Å². The van der Waals surface area contributed by atoms with Crippen LogP contribution in [0, 0.1) is 0 Å². The van der Waals surface area contributed by atoms with E-state index in [0.717, 1.165) is 0 Å². The zero-order valence-electron chi connectivity index (χ0n) is 15.7. The van der Waals surface area contributed by atoms with Crippen molar-refractivity contribution in [2.24, 2.45) is 0 Å². The number of esters is 1. The number of fused-ring (bicyclic) bond motifs is 1. The fourth-order valence-electron chi connectivity index (χ4n) is 3.29. The summed E-state index contributed by atoms with van der Waals surface area (Å²) >= 11 is 6.22. The van der Waals surface area contributed by atoms with Crippen molar-refractivity contribution < 1.29 is 19.1 Å². The molecule has 4 rings (SSSR count). The molecular formula is C23H17ClN2O4. The largest absolute Gasteiger partial charge is 0.423 e. The molecule has 0 saturated heterocycles. The highest BCUT2D eigenvalue weighted by molar-refractivity contribution is 6.34. The predicted molar refractivity (Wildman–Crippen MR) is 114 cm³/mol. The van der Waals surface area contributed by atoms with E-state index in [-0.39, 0.29) is 22.8 Å². The summed E-state index contributed by atoms with van der Waals surface area (Å²) < 4.78 is 5.40.